The van der Waals surface area contributed by atoms with Gasteiger partial charge in [0, 0.05) is 37.6 Å². The Morgan fingerprint density at radius 2 is 1.65 bits per heavy atom. The van der Waals surface area contributed by atoms with Gasteiger partial charge >= 0.3 is 6.03 Å². The molecule has 2 fully saturated rings. The third-order valence-corrected chi connectivity index (χ3v) is 9.84. The Kier molecular flexibility index (Phi) is 9.37. The number of nitrogens with zero attached hydrogens (tertiary/aromatic N) is 2. The van der Waals surface area contributed by atoms with Gasteiger partial charge in [0.25, 0.3) is 0 Å². The van der Waals surface area contributed by atoms with Crippen LogP contribution in [0.1, 0.15) is 42.9 Å². The summed E-state index contributed by atoms with van der Waals surface area (Å²) in [5.74, 6) is 0.879. The second-order valence-electron chi connectivity index (χ2n) is 11.6. The maximum atomic E-state index is 13.5. The van der Waals surface area contributed by atoms with Crippen LogP contribution in [0.2, 0.25) is 0 Å². The van der Waals surface area contributed by atoms with Crippen LogP contribution in [0, 0.1) is 5.41 Å². The number of urea groups is 1. The Hall–Kier alpha value is -3.89. The first-order chi connectivity index (χ1) is 20.6. The maximum Gasteiger partial charge on any atom is 0.319 e. The molecule has 0 radical (unpaired) electrons. The third kappa shape index (κ3) is 7.55. The molecule has 1 unspecified atom stereocenters. The molecule has 2 heterocycles. The van der Waals surface area contributed by atoms with E-state index in [1.165, 1.54) is 6.26 Å². The predicted molar refractivity (Wildman–Crippen MR) is 167 cm³/mol. The number of methoxy groups -OCH3 is 1. The molecule has 1 spiro atoms. The van der Waals surface area contributed by atoms with Gasteiger partial charge in [-0.2, -0.15) is 0 Å². The van der Waals surface area contributed by atoms with Crippen LogP contribution in [-0.4, -0.2) is 69.7 Å². The molecule has 1 atom stereocenters. The largest absolute Gasteiger partial charge is 0.497 e. The number of amides is 3. The van der Waals surface area contributed by atoms with Crippen LogP contribution in [0.5, 0.6) is 5.75 Å². The van der Waals surface area contributed by atoms with E-state index < -0.39 is 9.84 Å². The van der Waals surface area contributed by atoms with Gasteiger partial charge in [0.15, 0.2) is 9.84 Å². The molecule has 2 saturated heterocycles. The van der Waals surface area contributed by atoms with Crippen molar-refractivity contribution in [2.75, 3.05) is 44.9 Å². The quantitative estimate of drug-likeness (QED) is 0.342. The second kappa shape index (κ2) is 13.2. The topological polar surface area (TPSA) is 108 Å². The number of likely N-dealkylation sites (tertiary alicyclic amines) is 2. The summed E-state index contributed by atoms with van der Waals surface area (Å²) in [4.78, 5) is 31.1. The molecule has 2 N–H and O–H groups in total. The number of hydrogen-bond acceptors (Lipinski definition) is 6. The monoisotopic (exact) mass is 604 g/mol. The molecular formula is C33H40N4O5S. The van der Waals surface area contributed by atoms with E-state index in [0.29, 0.717) is 18.0 Å². The lowest BCUT2D eigenvalue weighted by atomic mass is 9.77. The Balaban J connectivity index is 1.14. The highest BCUT2D eigenvalue weighted by Gasteiger charge is 2.47. The van der Waals surface area contributed by atoms with Crippen molar-refractivity contribution in [2.45, 2.75) is 43.2 Å². The highest BCUT2D eigenvalue weighted by molar-refractivity contribution is 7.90. The number of hydrogen-bond donors (Lipinski definition) is 2. The molecule has 0 aromatic heterocycles. The summed E-state index contributed by atoms with van der Waals surface area (Å²) >= 11 is 0. The fourth-order valence-corrected chi connectivity index (χ4v) is 6.75. The molecule has 43 heavy (non-hydrogen) atoms. The molecule has 5 rings (SSSR count). The predicted octanol–water partition coefficient (Wildman–Crippen LogP) is 4.87. The summed E-state index contributed by atoms with van der Waals surface area (Å²) in [6.07, 6.45) is 4.41. The average Bonchev–Trinajstić information content (AvgIpc) is 3.30. The van der Waals surface area contributed by atoms with Crippen LogP contribution in [0.4, 0.5) is 10.5 Å². The number of benzene rings is 3. The number of nitrogens with one attached hydrogen (secondary N) is 2. The normalized spacial score (nSPS) is 17.5. The Labute approximate surface area is 254 Å². The van der Waals surface area contributed by atoms with Crippen LogP contribution in [-0.2, 0) is 21.2 Å². The van der Waals surface area contributed by atoms with E-state index in [4.69, 9.17) is 4.74 Å². The molecule has 0 aliphatic carbocycles. The fraction of sp³-hybridized carbons (Fsp3) is 0.394. The average molecular weight is 605 g/mol. The van der Waals surface area contributed by atoms with Crippen molar-refractivity contribution in [1.29, 1.82) is 0 Å². The van der Waals surface area contributed by atoms with Gasteiger partial charge in [0.1, 0.15) is 5.75 Å². The van der Waals surface area contributed by atoms with Gasteiger partial charge < -0.3 is 25.2 Å². The van der Waals surface area contributed by atoms with Gasteiger partial charge in [-0.1, -0.05) is 48.5 Å². The zero-order valence-corrected chi connectivity index (χ0v) is 25.6. The van der Waals surface area contributed by atoms with Gasteiger partial charge in [0.2, 0.25) is 5.91 Å². The molecule has 3 amide bonds. The fourth-order valence-electron chi connectivity index (χ4n) is 6.12. The maximum absolute atomic E-state index is 13.5. The Morgan fingerprint density at radius 1 is 0.953 bits per heavy atom. The first-order valence-corrected chi connectivity index (χ1v) is 16.6. The number of carbonyl (C=O) groups is 2. The minimum atomic E-state index is -3.25. The van der Waals surface area contributed by atoms with Crippen LogP contribution in [0.15, 0.2) is 83.8 Å². The molecule has 2 aliphatic heterocycles. The van der Waals surface area contributed by atoms with E-state index >= 15 is 0 Å². The SMILES string of the molecule is COc1cccc(NC(=O)NC(CCN2CCC3(CC2)CCN(Cc2ccc(S(C)(=O)=O)cc2)C3=O)c2ccccc2)c1. The van der Waals surface area contributed by atoms with E-state index in [0.717, 1.165) is 63.0 Å². The molecule has 3 aromatic carbocycles. The molecule has 228 valence electrons. The highest BCUT2D eigenvalue weighted by Crippen LogP contribution is 2.42. The summed E-state index contributed by atoms with van der Waals surface area (Å²) in [7, 11) is -1.65. The Morgan fingerprint density at radius 3 is 2.33 bits per heavy atom. The molecule has 3 aromatic rings. The Bertz CT molecular complexity index is 1520. The molecular weight excluding hydrogens is 564 g/mol. The van der Waals surface area contributed by atoms with E-state index in [-0.39, 0.29) is 28.3 Å². The minimum Gasteiger partial charge on any atom is -0.497 e. The third-order valence-electron chi connectivity index (χ3n) is 8.71. The molecule has 0 saturated carbocycles. The lowest BCUT2D eigenvalue weighted by Crippen LogP contribution is -2.45. The van der Waals surface area contributed by atoms with Crippen molar-refractivity contribution in [3.8, 4) is 5.75 Å². The van der Waals surface area contributed by atoms with Crippen molar-refractivity contribution >= 4 is 27.5 Å². The lowest BCUT2D eigenvalue weighted by molar-refractivity contribution is -0.138. The van der Waals surface area contributed by atoms with Crippen LogP contribution in [0.25, 0.3) is 0 Å². The highest BCUT2D eigenvalue weighted by atomic mass is 32.2. The van der Waals surface area contributed by atoms with Gasteiger partial charge in [-0.3, -0.25) is 4.79 Å². The van der Waals surface area contributed by atoms with Gasteiger partial charge in [0.05, 0.1) is 23.5 Å². The zero-order valence-electron chi connectivity index (χ0n) is 24.8. The van der Waals surface area contributed by atoms with Gasteiger partial charge in [-0.15, -0.1) is 0 Å². The smallest absolute Gasteiger partial charge is 0.319 e. The number of rotatable bonds is 10. The first-order valence-electron chi connectivity index (χ1n) is 14.7. The van der Waals surface area contributed by atoms with E-state index in [9.17, 15) is 18.0 Å². The van der Waals surface area contributed by atoms with E-state index in [2.05, 4.69) is 15.5 Å². The molecule has 9 nitrogen and oxygen atoms in total. The van der Waals surface area contributed by atoms with Crippen LogP contribution in [0.3, 0.4) is 0 Å². The van der Waals surface area contributed by atoms with E-state index in [1.54, 1.807) is 37.4 Å². The van der Waals surface area contributed by atoms with Gasteiger partial charge in [-0.05, 0) is 74.2 Å². The zero-order chi connectivity index (χ0) is 30.5. The summed E-state index contributed by atoms with van der Waals surface area (Å²) in [5, 5.41) is 6.05. The summed E-state index contributed by atoms with van der Waals surface area (Å²) in [5.41, 5.74) is 2.32. The van der Waals surface area contributed by atoms with Crippen molar-refractivity contribution in [3.63, 3.8) is 0 Å². The van der Waals surface area contributed by atoms with Crippen molar-refractivity contribution in [2.24, 2.45) is 5.41 Å². The van der Waals surface area contributed by atoms with Crippen molar-refractivity contribution in [3.05, 3.63) is 90.0 Å². The molecule has 2 aliphatic rings. The number of sulfone groups is 1. The number of anilines is 1. The number of piperidine rings is 1. The minimum absolute atomic E-state index is 0.166. The molecule has 0 bridgehead atoms. The second-order valence-corrected chi connectivity index (χ2v) is 13.6. The van der Waals surface area contributed by atoms with Crippen LogP contribution >= 0.6 is 0 Å². The first kappa shape index (κ1) is 30.6. The van der Waals surface area contributed by atoms with Crippen molar-refractivity contribution in [1.82, 2.24) is 15.1 Å². The summed E-state index contributed by atoms with van der Waals surface area (Å²) in [6.45, 7) is 3.69. The number of carbonyl (C=O) groups excluding carboxylic acids is 2. The standard InChI is InChI=1S/C33H40N4O5S/c1-42-28-10-6-9-27(23-28)34-32(39)35-30(26-7-4-3-5-8-26)15-19-36-20-16-33(17-21-36)18-22-37(31(33)38)24-25-11-13-29(14-12-25)43(2,40)41/h3-14,23,30H,15-22,24H2,1-2H3,(H2,34,35,39). The lowest BCUT2D eigenvalue weighted by Gasteiger charge is -2.38. The van der Waals surface area contributed by atoms with E-state index in [1.807, 2.05) is 53.4 Å². The van der Waals surface area contributed by atoms with Crippen molar-refractivity contribution < 1.29 is 22.7 Å². The van der Waals surface area contributed by atoms with Crippen LogP contribution < -0.4 is 15.4 Å². The molecule has 10 heteroatoms. The summed E-state index contributed by atoms with van der Waals surface area (Å²) < 4.78 is 28.8. The summed E-state index contributed by atoms with van der Waals surface area (Å²) in [6, 6.07) is 23.6. The van der Waals surface area contributed by atoms with Gasteiger partial charge in [-0.25, -0.2) is 13.2 Å². The number of ether oxygens (including phenoxy) is 1.